The Morgan fingerprint density at radius 2 is 1.67 bits per heavy atom. The van der Waals surface area contributed by atoms with Crippen molar-refractivity contribution in [2.75, 3.05) is 7.11 Å². The molecule has 0 spiro atoms. The van der Waals surface area contributed by atoms with E-state index >= 15 is 0 Å². The molecule has 0 saturated carbocycles. The third-order valence-electron chi connectivity index (χ3n) is 4.55. The maximum absolute atomic E-state index is 13.9. The molecule has 0 aliphatic heterocycles. The van der Waals surface area contributed by atoms with E-state index in [0.29, 0.717) is 23.4 Å². The molecule has 0 aliphatic carbocycles. The minimum Gasteiger partial charge on any atom is -0.465 e. The molecule has 0 bridgehead atoms. The molecule has 27 heavy (non-hydrogen) atoms. The number of hydrogen-bond acceptors (Lipinski definition) is 3. The molecule has 0 radical (unpaired) electrons. The third kappa shape index (κ3) is 3.67. The average Bonchev–Trinajstić information content (AvgIpc) is 2.96. The quantitative estimate of drug-likeness (QED) is 0.539. The fourth-order valence-electron chi connectivity index (χ4n) is 3.29. The Hall–Kier alpha value is -3.21. The van der Waals surface area contributed by atoms with Crippen molar-refractivity contribution < 1.29 is 18.7 Å². The topological polar surface area (TPSA) is 59.2 Å². The summed E-state index contributed by atoms with van der Waals surface area (Å²) < 4.78 is 18.8. The number of ether oxygens (including phenoxy) is 1. The van der Waals surface area contributed by atoms with Gasteiger partial charge in [0.25, 0.3) is 0 Å². The number of esters is 1. The maximum Gasteiger partial charge on any atom is 0.340 e. The van der Waals surface area contributed by atoms with Gasteiger partial charge in [-0.25, -0.2) is 9.18 Å². The minimum absolute atomic E-state index is 0.190. The number of rotatable bonds is 5. The molecule has 3 rings (SSSR count). The van der Waals surface area contributed by atoms with Crippen molar-refractivity contribution in [1.29, 1.82) is 0 Å². The zero-order valence-corrected chi connectivity index (χ0v) is 15.4. The molecule has 1 heterocycles. The predicted molar refractivity (Wildman–Crippen MR) is 101 cm³/mol. The molecule has 138 valence electrons. The summed E-state index contributed by atoms with van der Waals surface area (Å²) in [6, 6.07) is 13.8. The zero-order chi connectivity index (χ0) is 19.6. The molecule has 0 aliphatic rings. The summed E-state index contributed by atoms with van der Waals surface area (Å²) >= 11 is 0. The summed E-state index contributed by atoms with van der Waals surface area (Å²) in [5.74, 6) is -1.50. The van der Waals surface area contributed by atoms with Crippen molar-refractivity contribution in [3.05, 3.63) is 93.6 Å². The summed E-state index contributed by atoms with van der Waals surface area (Å²) in [7, 11) is 1.27. The van der Waals surface area contributed by atoms with E-state index in [9.17, 15) is 14.0 Å². The fourth-order valence-corrected chi connectivity index (χ4v) is 3.29. The Balaban J connectivity index is 2.11. The molecular weight excluding hydrogens is 345 g/mol. The van der Waals surface area contributed by atoms with Gasteiger partial charge < -0.3 is 9.72 Å². The van der Waals surface area contributed by atoms with Gasteiger partial charge in [-0.3, -0.25) is 4.79 Å². The van der Waals surface area contributed by atoms with E-state index in [2.05, 4.69) is 4.98 Å². The van der Waals surface area contributed by atoms with Crippen LogP contribution in [0.4, 0.5) is 4.39 Å². The Morgan fingerprint density at radius 3 is 2.33 bits per heavy atom. The molecule has 4 nitrogen and oxygen atoms in total. The first-order valence-corrected chi connectivity index (χ1v) is 8.57. The van der Waals surface area contributed by atoms with Crippen LogP contribution in [0.2, 0.25) is 0 Å². The number of carbonyl (C=O) groups excluding carboxylic acids is 2. The lowest BCUT2D eigenvalue weighted by Crippen LogP contribution is -2.13. The second-order valence-electron chi connectivity index (χ2n) is 6.41. The standard InChI is InChI=1S/C22H20FNO3/c1-13-19(20(14(2)24-13)22(26)27-3)21(25)18-12-17(23)10-9-16(18)11-15-7-5-4-6-8-15/h4-10,12,24H,11H2,1-3H3. The smallest absolute Gasteiger partial charge is 0.340 e. The predicted octanol–water partition coefficient (Wildman–Crippen LogP) is 4.38. The van der Waals surface area contributed by atoms with E-state index in [1.165, 1.54) is 19.2 Å². The van der Waals surface area contributed by atoms with Crippen LogP contribution in [0.3, 0.4) is 0 Å². The molecule has 5 heteroatoms. The van der Waals surface area contributed by atoms with Crippen molar-refractivity contribution in [3.8, 4) is 0 Å². The van der Waals surface area contributed by atoms with Crippen LogP contribution in [-0.2, 0) is 11.2 Å². The second kappa shape index (κ2) is 7.58. The molecule has 2 aromatic carbocycles. The van der Waals surface area contributed by atoms with Gasteiger partial charge in [-0.1, -0.05) is 36.4 Å². The van der Waals surface area contributed by atoms with E-state index in [-0.39, 0.29) is 16.7 Å². The van der Waals surface area contributed by atoms with Crippen LogP contribution >= 0.6 is 0 Å². The van der Waals surface area contributed by atoms with Crippen molar-refractivity contribution in [1.82, 2.24) is 4.98 Å². The largest absolute Gasteiger partial charge is 0.465 e. The van der Waals surface area contributed by atoms with E-state index in [0.717, 1.165) is 5.56 Å². The lowest BCUT2D eigenvalue weighted by atomic mass is 9.92. The van der Waals surface area contributed by atoms with E-state index < -0.39 is 17.6 Å². The molecule has 0 saturated heterocycles. The van der Waals surface area contributed by atoms with Gasteiger partial charge in [-0.05, 0) is 43.5 Å². The summed E-state index contributed by atoms with van der Waals surface area (Å²) in [4.78, 5) is 28.5. The summed E-state index contributed by atoms with van der Waals surface area (Å²) in [6.07, 6.45) is 0.484. The Bertz CT molecular complexity index is 1010. The van der Waals surface area contributed by atoms with Crippen molar-refractivity contribution in [2.45, 2.75) is 20.3 Å². The number of methoxy groups -OCH3 is 1. The average molecular weight is 365 g/mol. The van der Waals surface area contributed by atoms with Gasteiger partial charge in [0, 0.05) is 17.0 Å². The first kappa shape index (κ1) is 18.6. The van der Waals surface area contributed by atoms with Crippen molar-refractivity contribution in [2.24, 2.45) is 0 Å². The van der Waals surface area contributed by atoms with Gasteiger partial charge in [-0.15, -0.1) is 0 Å². The van der Waals surface area contributed by atoms with Gasteiger partial charge in [-0.2, -0.15) is 0 Å². The van der Waals surface area contributed by atoms with Crippen molar-refractivity contribution in [3.63, 3.8) is 0 Å². The zero-order valence-electron chi connectivity index (χ0n) is 15.4. The molecular formula is C22H20FNO3. The van der Waals surface area contributed by atoms with Crippen LogP contribution in [-0.4, -0.2) is 23.8 Å². The maximum atomic E-state index is 13.9. The van der Waals surface area contributed by atoms with Crippen LogP contribution in [0.5, 0.6) is 0 Å². The lowest BCUT2D eigenvalue weighted by molar-refractivity contribution is 0.0597. The van der Waals surface area contributed by atoms with Gasteiger partial charge in [0.15, 0.2) is 5.78 Å². The van der Waals surface area contributed by atoms with Gasteiger partial charge in [0.05, 0.1) is 18.2 Å². The van der Waals surface area contributed by atoms with Gasteiger partial charge in [0.2, 0.25) is 0 Å². The van der Waals surface area contributed by atoms with E-state index in [1.807, 2.05) is 30.3 Å². The summed E-state index contributed by atoms with van der Waals surface area (Å²) in [5, 5.41) is 0. The molecule has 1 aromatic heterocycles. The Kier molecular flexibility index (Phi) is 5.21. The van der Waals surface area contributed by atoms with Crippen molar-refractivity contribution >= 4 is 11.8 Å². The van der Waals surface area contributed by atoms with Crippen LogP contribution < -0.4 is 0 Å². The number of aryl methyl sites for hydroxylation is 2. The second-order valence-corrected chi connectivity index (χ2v) is 6.41. The molecule has 0 amide bonds. The minimum atomic E-state index is -0.596. The molecule has 1 N–H and O–H groups in total. The first-order chi connectivity index (χ1) is 12.9. The lowest BCUT2D eigenvalue weighted by Gasteiger charge is -2.11. The number of halogens is 1. The first-order valence-electron chi connectivity index (χ1n) is 8.57. The summed E-state index contributed by atoms with van der Waals surface area (Å²) in [5.41, 5.74) is 3.45. The van der Waals surface area contributed by atoms with Gasteiger partial charge in [0.1, 0.15) is 5.82 Å². The highest BCUT2D eigenvalue weighted by Gasteiger charge is 2.27. The summed E-state index contributed by atoms with van der Waals surface area (Å²) in [6.45, 7) is 3.41. The fraction of sp³-hybridized carbons (Fsp3) is 0.182. The Labute approximate surface area is 157 Å². The number of aromatic nitrogens is 1. The number of nitrogens with one attached hydrogen (secondary N) is 1. The SMILES string of the molecule is COC(=O)c1c(C)[nH]c(C)c1C(=O)c1cc(F)ccc1Cc1ccccc1. The van der Waals surface area contributed by atoms with Crippen LogP contribution in [0.1, 0.15) is 48.8 Å². The highest BCUT2D eigenvalue weighted by atomic mass is 19.1. The molecule has 0 unspecified atom stereocenters. The number of aromatic amines is 1. The highest BCUT2D eigenvalue weighted by Crippen LogP contribution is 2.26. The molecule has 3 aromatic rings. The van der Waals surface area contributed by atoms with Crippen LogP contribution in [0.25, 0.3) is 0 Å². The monoisotopic (exact) mass is 365 g/mol. The number of hydrogen-bond donors (Lipinski definition) is 1. The van der Waals surface area contributed by atoms with Crippen LogP contribution in [0.15, 0.2) is 48.5 Å². The Morgan fingerprint density at radius 1 is 1.00 bits per heavy atom. The normalized spacial score (nSPS) is 10.7. The van der Waals surface area contributed by atoms with Crippen LogP contribution in [0, 0.1) is 19.7 Å². The van der Waals surface area contributed by atoms with E-state index in [1.54, 1.807) is 19.9 Å². The third-order valence-corrected chi connectivity index (χ3v) is 4.55. The molecule has 0 fully saturated rings. The number of ketones is 1. The molecule has 0 atom stereocenters. The number of carbonyl (C=O) groups is 2. The number of H-pyrrole nitrogens is 1. The van der Waals surface area contributed by atoms with E-state index in [4.69, 9.17) is 4.74 Å². The number of benzene rings is 2. The van der Waals surface area contributed by atoms with Gasteiger partial charge >= 0.3 is 5.97 Å². The highest BCUT2D eigenvalue weighted by molar-refractivity contribution is 6.16.